The third-order valence-electron chi connectivity index (χ3n) is 4.10. The van der Waals surface area contributed by atoms with Crippen molar-refractivity contribution in [3.05, 3.63) is 90.0 Å². The number of thioether (sulfide) groups is 1. The molecule has 0 aliphatic carbocycles. The first-order valence-electron chi connectivity index (χ1n) is 8.51. The van der Waals surface area contributed by atoms with Gasteiger partial charge in [-0.3, -0.25) is 9.55 Å². The van der Waals surface area contributed by atoms with Crippen molar-refractivity contribution in [2.75, 3.05) is 0 Å². The van der Waals surface area contributed by atoms with E-state index in [1.165, 1.54) is 29.0 Å². The number of hydrogen-bond donors (Lipinski definition) is 0. The molecule has 0 amide bonds. The largest absolute Gasteiger partial charge is 0.267 e. The lowest BCUT2D eigenvalue weighted by molar-refractivity contribution is 0.613. The van der Waals surface area contributed by atoms with Gasteiger partial charge in [0, 0.05) is 23.7 Å². The molecule has 0 spiro atoms. The molecule has 0 saturated heterocycles. The predicted octanol–water partition coefficient (Wildman–Crippen LogP) is 5.07. The maximum atomic E-state index is 14.5. The number of hydrogen-bond acceptors (Lipinski definition) is 4. The van der Waals surface area contributed by atoms with Crippen LogP contribution in [0, 0.1) is 12.7 Å². The van der Waals surface area contributed by atoms with Crippen LogP contribution in [0.25, 0.3) is 17.1 Å². The molecule has 4 rings (SSSR count). The van der Waals surface area contributed by atoms with E-state index in [-0.39, 0.29) is 5.82 Å². The summed E-state index contributed by atoms with van der Waals surface area (Å²) in [5, 5.41) is 9.29. The van der Waals surface area contributed by atoms with Crippen molar-refractivity contribution in [2.24, 2.45) is 0 Å². The van der Waals surface area contributed by atoms with Crippen molar-refractivity contribution in [2.45, 2.75) is 17.8 Å². The monoisotopic (exact) mass is 376 g/mol. The Morgan fingerprint density at radius 3 is 2.67 bits per heavy atom. The highest BCUT2D eigenvalue weighted by molar-refractivity contribution is 7.98. The van der Waals surface area contributed by atoms with E-state index < -0.39 is 0 Å². The first-order chi connectivity index (χ1) is 13.2. The number of nitrogens with zero attached hydrogens (tertiary/aromatic N) is 4. The van der Waals surface area contributed by atoms with E-state index in [4.69, 9.17) is 0 Å². The summed E-state index contributed by atoms with van der Waals surface area (Å²) >= 11 is 1.53. The van der Waals surface area contributed by atoms with Crippen LogP contribution in [0.4, 0.5) is 4.39 Å². The van der Waals surface area contributed by atoms with Gasteiger partial charge in [-0.05, 0) is 36.8 Å². The smallest absolute Gasteiger partial charge is 0.196 e. The molecule has 0 unspecified atom stereocenters. The maximum Gasteiger partial charge on any atom is 0.196 e. The second-order valence-corrected chi connectivity index (χ2v) is 7.05. The number of aryl methyl sites for hydroxylation is 1. The number of para-hydroxylation sites is 1. The second kappa shape index (κ2) is 7.72. The Balaban J connectivity index is 1.76. The summed E-state index contributed by atoms with van der Waals surface area (Å²) in [4.78, 5) is 4.15. The molecule has 2 aromatic carbocycles. The lowest BCUT2D eigenvalue weighted by Gasteiger charge is -2.11. The summed E-state index contributed by atoms with van der Waals surface area (Å²) in [5.74, 6) is 0.973. The SMILES string of the molecule is Cc1cccc(CSc2nnc(-c3cccnc3)n2-c2ccccc2F)c1. The highest BCUT2D eigenvalue weighted by Gasteiger charge is 2.18. The van der Waals surface area contributed by atoms with E-state index in [0.717, 1.165) is 11.3 Å². The van der Waals surface area contributed by atoms with Gasteiger partial charge in [-0.25, -0.2) is 4.39 Å². The Morgan fingerprint density at radius 1 is 1.00 bits per heavy atom. The number of pyridine rings is 1. The minimum atomic E-state index is -0.320. The minimum Gasteiger partial charge on any atom is -0.267 e. The third-order valence-corrected chi connectivity index (χ3v) is 5.10. The molecule has 0 radical (unpaired) electrons. The van der Waals surface area contributed by atoms with Crippen LogP contribution in [-0.4, -0.2) is 19.7 Å². The standard InChI is InChI=1S/C21H17FN4S/c1-15-6-4-7-16(12-15)14-27-21-25-24-20(17-8-5-11-23-13-17)26(21)19-10-3-2-9-18(19)22/h2-13H,14H2,1H3. The van der Waals surface area contributed by atoms with Crippen molar-refractivity contribution in [1.82, 2.24) is 19.7 Å². The summed E-state index contributed by atoms with van der Waals surface area (Å²) in [6.45, 7) is 2.07. The zero-order valence-corrected chi connectivity index (χ0v) is 15.5. The summed E-state index contributed by atoms with van der Waals surface area (Å²) in [6, 6.07) is 18.7. The van der Waals surface area contributed by atoms with E-state index in [2.05, 4.69) is 40.3 Å². The van der Waals surface area contributed by atoms with Crippen LogP contribution in [0.2, 0.25) is 0 Å². The van der Waals surface area contributed by atoms with Crippen molar-refractivity contribution in [3.8, 4) is 17.1 Å². The third kappa shape index (κ3) is 3.75. The van der Waals surface area contributed by atoms with Gasteiger partial charge in [-0.15, -0.1) is 10.2 Å². The Morgan fingerprint density at radius 2 is 1.89 bits per heavy atom. The highest BCUT2D eigenvalue weighted by atomic mass is 32.2. The van der Waals surface area contributed by atoms with E-state index in [0.29, 0.717) is 16.7 Å². The van der Waals surface area contributed by atoms with Crippen LogP contribution < -0.4 is 0 Å². The molecule has 0 saturated carbocycles. The van der Waals surface area contributed by atoms with Crippen LogP contribution >= 0.6 is 11.8 Å². The fourth-order valence-corrected chi connectivity index (χ4v) is 3.73. The van der Waals surface area contributed by atoms with E-state index in [1.54, 1.807) is 35.2 Å². The average molecular weight is 376 g/mol. The topological polar surface area (TPSA) is 43.6 Å². The number of aromatic nitrogens is 4. The fraction of sp³-hybridized carbons (Fsp3) is 0.0952. The molecule has 0 bridgehead atoms. The fourth-order valence-electron chi connectivity index (χ4n) is 2.85. The molecule has 4 aromatic rings. The van der Waals surface area contributed by atoms with E-state index in [1.807, 2.05) is 18.2 Å². The molecular formula is C21H17FN4S. The molecule has 0 atom stereocenters. The van der Waals surface area contributed by atoms with Gasteiger partial charge >= 0.3 is 0 Å². The summed E-state index contributed by atoms with van der Waals surface area (Å²) < 4.78 is 16.3. The molecule has 0 fully saturated rings. The van der Waals surface area contributed by atoms with Crippen LogP contribution in [0.15, 0.2) is 78.2 Å². The van der Waals surface area contributed by atoms with Gasteiger partial charge in [-0.2, -0.15) is 0 Å². The van der Waals surface area contributed by atoms with Crippen molar-refractivity contribution >= 4 is 11.8 Å². The second-order valence-electron chi connectivity index (χ2n) is 6.11. The van der Waals surface area contributed by atoms with Gasteiger partial charge in [0.05, 0.1) is 5.69 Å². The Labute approximate surface area is 161 Å². The van der Waals surface area contributed by atoms with Crippen LogP contribution in [-0.2, 0) is 5.75 Å². The van der Waals surface area contributed by atoms with Crippen LogP contribution in [0.3, 0.4) is 0 Å². The summed E-state index contributed by atoms with van der Waals surface area (Å²) in [5.41, 5.74) is 3.61. The van der Waals surface area contributed by atoms with Crippen molar-refractivity contribution in [3.63, 3.8) is 0 Å². The molecule has 134 valence electrons. The quantitative estimate of drug-likeness (QED) is 0.456. The summed E-state index contributed by atoms with van der Waals surface area (Å²) in [7, 11) is 0. The normalized spacial score (nSPS) is 10.9. The van der Waals surface area contributed by atoms with Gasteiger partial charge in [0.1, 0.15) is 5.82 Å². The first-order valence-corrected chi connectivity index (χ1v) is 9.50. The Bertz CT molecular complexity index is 1060. The molecule has 4 nitrogen and oxygen atoms in total. The average Bonchev–Trinajstić information content (AvgIpc) is 3.11. The van der Waals surface area contributed by atoms with Gasteiger partial charge < -0.3 is 0 Å². The van der Waals surface area contributed by atoms with Crippen molar-refractivity contribution < 1.29 is 4.39 Å². The van der Waals surface area contributed by atoms with Gasteiger partial charge in [-0.1, -0.05) is 53.7 Å². The van der Waals surface area contributed by atoms with Gasteiger partial charge in [0.25, 0.3) is 0 Å². The van der Waals surface area contributed by atoms with Crippen molar-refractivity contribution in [1.29, 1.82) is 0 Å². The van der Waals surface area contributed by atoms with Crippen LogP contribution in [0.1, 0.15) is 11.1 Å². The van der Waals surface area contributed by atoms with Gasteiger partial charge in [0.2, 0.25) is 0 Å². The number of halogens is 1. The first kappa shape index (κ1) is 17.4. The van der Waals surface area contributed by atoms with Gasteiger partial charge in [0.15, 0.2) is 11.0 Å². The molecule has 0 N–H and O–H groups in total. The maximum absolute atomic E-state index is 14.5. The van der Waals surface area contributed by atoms with E-state index in [9.17, 15) is 4.39 Å². The zero-order chi connectivity index (χ0) is 18.6. The Hall–Kier alpha value is -2.99. The lowest BCUT2D eigenvalue weighted by Crippen LogP contribution is -2.02. The number of benzene rings is 2. The molecule has 0 aliphatic heterocycles. The molecule has 27 heavy (non-hydrogen) atoms. The Kier molecular flexibility index (Phi) is 4.98. The lowest BCUT2D eigenvalue weighted by atomic mass is 10.2. The van der Waals surface area contributed by atoms with E-state index >= 15 is 0 Å². The minimum absolute atomic E-state index is 0.320. The molecule has 2 aromatic heterocycles. The zero-order valence-electron chi connectivity index (χ0n) is 14.7. The number of rotatable bonds is 5. The summed E-state index contributed by atoms with van der Waals surface area (Å²) in [6.07, 6.45) is 3.40. The molecule has 6 heteroatoms. The molecule has 2 heterocycles. The molecule has 0 aliphatic rings. The molecular weight excluding hydrogens is 359 g/mol. The van der Waals surface area contributed by atoms with Crippen LogP contribution in [0.5, 0.6) is 0 Å². The predicted molar refractivity (Wildman–Crippen MR) is 105 cm³/mol. The highest BCUT2D eigenvalue weighted by Crippen LogP contribution is 2.30.